The number of hydrogen-bond donors (Lipinski definition) is 2. The predicted octanol–water partition coefficient (Wildman–Crippen LogP) is 1.97. The smallest absolute Gasteiger partial charge is 0.275 e. The summed E-state index contributed by atoms with van der Waals surface area (Å²) in [6.45, 7) is 9.43. The van der Waals surface area contributed by atoms with Gasteiger partial charge in [0.1, 0.15) is 11.6 Å². The van der Waals surface area contributed by atoms with Crippen molar-refractivity contribution in [2.24, 2.45) is 0 Å². The van der Waals surface area contributed by atoms with Crippen LogP contribution in [-0.2, 0) is 11.3 Å². The van der Waals surface area contributed by atoms with Gasteiger partial charge in [0, 0.05) is 17.0 Å². The van der Waals surface area contributed by atoms with E-state index in [1.54, 1.807) is 11.3 Å². The molecule has 1 amide bonds. The fourth-order valence-corrected chi connectivity index (χ4v) is 3.31. The van der Waals surface area contributed by atoms with Crippen LogP contribution in [0.25, 0.3) is 11.3 Å². The van der Waals surface area contributed by atoms with E-state index >= 15 is 0 Å². The van der Waals surface area contributed by atoms with Gasteiger partial charge in [-0.05, 0) is 44.9 Å². The molecule has 1 unspecified atom stereocenters. The lowest BCUT2D eigenvalue weighted by atomic mass is 10.1. The molecule has 0 saturated carbocycles. The Labute approximate surface area is 142 Å². The van der Waals surface area contributed by atoms with Gasteiger partial charge in [0.15, 0.2) is 6.54 Å². The molecule has 124 valence electrons. The number of benzene rings is 1. The molecule has 2 aromatic rings. The molecule has 1 aromatic carbocycles. The van der Waals surface area contributed by atoms with Gasteiger partial charge in [0.2, 0.25) is 0 Å². The maximum Gasteiger partial charge on any atom is 0.275 e. The lowest BCUT2D eigenvalue weighted by Crippen LogP contribution is -3.09. The number of quaternary nitrogens is 1. The molecule has 23 heavy (non-hydrogen) atoms. The quantitative estimate of drug-likeness (QED) is 0.849. The molecule has 2 N–H and O–H groups in total. The fraction of sp³-hybridized carbons (Fsp3) is 0.444. The highest BCUT2D eigenvalue weighted by Gasteiger charge is 2.14. The Bertz CT molecular complexity index is 679. The van der Waals surface area contributed by atoms with E-state index in [0.29, 0.717) is 6.54 Å². The number of rotatable bonds is 6. The Balaban J connectivity index is 1.99. The maximum absolute atomic E-state index is 11.8. The van der Waals surface area contributed by atoms with Crippen LogP contribution >= 0.6 is 11.3 Å². The SMILES string of the molecule is Cc1ccc(-c2csc(C[NH+](C)CC(=O)NC(C)C)n2)cc1C. The van der Waals surface area contributed by atoms with Gasteiger partial charge in [0.25, 0.3) is 5.91 Å². The summed E-state index contributed by atoms with van der Waals surface area (Å²) in [7, 11) is 2.02. The van der Waals surface area contributed by atoms with Gasteiger partial charge in [-0.3, -0.25) is 4.79 Å². The van der Waals surface area contributed by atoms with Crippen LogP contribution in [0.4, 0.5) is 0 Å². The maximum atomic E-state index is 11.8. The number of aryl methyl sites for hydroxylation is 2. The lowest BCUT2D eigenvalue weighted by molar-refractivity contribution is -0.885. The third-order valence-corrected chi connectivity index (χ3v) is 4.57. The van der Waals surface area contributed by atoms with Gasteiger partial charge in [-0.25, -0.2) is 4.98 Å². The molecule has 1 atom stereocenters. The van der Waals surface area contributed by atoms with Crippen molar-refractivity contribution in [3.8, 4) is 11.3 Å². The minimum atomic E-state index is 0.0865. The second-order valence-corrected chi connectivity index (χ2v) is 7.40. The third-order valence-electron chi connectivity index (χ3n) is 3.72. The number of carbonyl (C=O) groups is 1. The van der Waals surface area contributed by atoms with Crippen LogP contribution in [0, 0.1) is 13.8 Å². The van der Waals surface area contributed by atoms with Gasteiger partial charge in [-0.15, -0.1) is 11.3 Å². The van der Waals surface area contributed by atoms with E-state index < -0.39 is 0 Å². The van der Waals surface area contributed by atoms with Crippen molar-refractivity contribution in [1.29, 1.82) is 0 Å². The van der Waals surface area contributed by atoms with E-state index in [1.165, 1.54) is 11.1 Å². The number of nitrogens with zero attached hydrogens (tertiary/aromatic N) is 1. The number of thiazole rings is 1. The summed E-state index contributed by atoms with van der Waals surface area (Å²) in [5.41, 5.74) is 4.76. The Morgan fingerprint density at radius 2 is 2.04 bits per heavy atom. The third kappa shape index (κ3) is 5.15. The summed E-state index contributed by atoms with van der Waals surface area (Å²) in [6.07, 6.45) is 0. The molecular formula is C18H26N3OS+. The van der Waals surface area contributed by atoms with Crippen molar-refractivity contribution in [3.63, 3.8) is 0 Å². The van der Waals surface area contributed by atoms with Crippen molar-refractivity contribution in [1.82, 2.24) is 10.3 Å². The molecule has 4 nitrogen and oxygen atoms in total. The number of amides is 1. The Kier molecular flexibility index (Phi) is 5.91. The summed E-state index contributed by atoms with van der Waals surface area (Å²) in [6, 6.07) is 6.62. The van der Waals surface area contributed by atoms with Crippen molar-refractivity contribution in [2.75, 3.05) is 13.6 Å². The predicted molar refractivity (Wildman–Crippen MR) is 95.8 cm³/mol. The van der Waals surface area contributed by atoms with Crippen molar-refractivity contribution < 1.29 is 9.69 Å². The number of aromatic nitrogens is 1. The standard InChI is InChI=1S/C18H25N3OS/c1-12(2)19-17(22)9-21(5)10-18-20-16(11-23-18)15-7-6-13(3)14(4)8-15/h6-8,11-12H,9-10H2,1-5H3,(H,19,22)/p+1. The van der Waals surface area contributed by atoms with Gasteiger partial charge in [-0.2, -0.15) is 0 Å². The molecule has 0 bridgehead atoms. The Morgan fingerprint density at radius 3 is 2.70 bits per heavy atom. The number of carbonyl (C=O) groups excluding carboxylic acids is 1. The van der Waals surface area contributed by atoms with Crippen LogP contribution in [0.1, 0.15) is 30.0 Å². The first-order valence-corrected chi connectivity index (χ1v) is 8.86. The molecule has 2 rings (SSSR count). The molecule has 0 fully saturated rings. The molecule has 5 heteroatoms. The zero-order valence-corrected chi connectivity index (χ0v) is 15.4. The molecule has 1 heterocycles. The van der Waals surface area contributed by atoms with E-state index in [4.69, 9.17) is 4.98 Å². The van der Waals surface area contributed by atoms with Gasteiger partial charge in [0.05, 0.1) is 12.7 Å². The van der Waals surface area contributed by atoms with Crippen LogP contribution in [0.3, 0.4) is 0 Å². The molecule has 0 aliphatic heterocycles. The van der Waals surface area contributed by atoms with E-state index in [9.17, 15) is 4.79 Å². The number of nitrogens with one attached hydrogen (secondary N) is 2. The summed E-state index contributed by atoms with van der Waals surface area (Å²) in [5, 5.41) is 6.09. The lowest BCUT2D eigenvalue weighted by Gasteiger charge is -2.13. The second kappa shape index (κ2) is 7.70. The minimum absolute atomic E-state index is 0.0865. The zero-order valence-electron chi connectivity index (χ0n) is 14.6. The van der Waals surface area contributed by atoms with E-state index in [1.807, 2.05) is 20.9 Å². The highest BCUT2D eigenvalue weighted by atomic mass is 32.1. The first-order chi connectivity index (χ1) is 10.8. The number of likely N-dealkylation sites (N-methyl/N-ethyl adjacent to an activating group) is 1. The summed E-state index contributed by atoms with van der Waals surface area (Å²) < 4.78 is 0. The van der Waals surface area contributed by atoms with Crippen molar-refractivity contribution in [2.45, 2.75) is 40.3 Å². The average Bonchev–Trinajstić information content (AvgIpc) is 2.89. The summed E-state index contributed by atoms with van der Waals surface area (Å²) >= 11 is 1.66. The van der Waals surface area contributed by atoms with E-state index in [-0.39, 0.29) is 11.9 Å². The van der Waals surface area contributed by atoms with Gasteiger partial charge >= 0.3 is 0 Å². The zero-order chi connectivity index (χ0) is 17.0. The molecular weight excluding hydrogens is 306 g/mol. The first kappa shape index (κ1) is 17.6. The summed E-state index contributed by atoms with van der Waals surface area (Å²) in [4.78, 5) is 17.7. The van der Waals surface area contributed by atoms with Crippen LogP contribution in [0.5, 0.6) is 0 Å². The van der Waals surface area contributed by atoms with Crippen LogP contribution in [0.15, 0.2) is 23.6 Å². The molecule has 0 spiro atoms. The normalized spacial score (nSPS) is 12.4. The average molecular weight is 332 g/mol. The van der Waals surface area contributed by atoms with Crippen molar-refractivity contribution in [3.05, 3.63) is 39.7 Å². The van der Waals surface area contributed by atoms with Crippen molar-refractivity contribution >= 4 is 17.2 Å². The topological polar surface area (TPSA) is 46.4 Å². The van der Waals surface area contributed by atoms with Crippen LogP contribution < -0.4 is 10.2 Å². The largest absolute Gasteiger partial charge is 0.349 e. The summed E-state index contributed by atoms with van der Waals surface area (Å²) in [5.74, 6) is 0.0865. The van der Waals surface area contributed by atoms with Gasteiger partial charge in [-0.1, -0.05) is 12.1 Å². The van der Waals surface area contributed by atoms with Crippen LogP contribution in [0.2, 0.25) is 0 Å². The van der Waals surface area contributed by atoms with Gasteiger partial charge < -0.3 is 10.2 Å². The minimum Gasteiger partial charge on any atom is -0.349 e. The second-order valence-electron chi connectivity index (χ2n) is 6.46. The van der Waals surface area contributed by atoms with E-state index in [0.717, 1.165) is 27.7 Å². The molecule has 0 saturated heterocycles. The highest BCUT2D eigenvalue weighted by molar-refractivity contribution is 7.09. The molecule has 0 radical (unpaired) electrons. The van der Waals surface area contributed by atoms with Crippen LogP contribution in [-0.4, -0.2) is 30.5 Å². The number of hydrogen-bond acceptors (Lipinski definition) is 3. The molecule has 0 aliphatic carbocycles. The van der Waals surface area contributed by atoms with E-state index in [2.05, 4.69) is 42.7 Å². The molecule has 0 aliphatic rings. The highest BCUT2D eigenvalue weighted by Crippen LogP contribution is 2.23. The Hall–Kier alpha value is -1.72. The Morgan fingerprint density at radius 1 is 1.30 bits per heavy atom. The monoisotopic (exact) mass is 332 g/mol. The fourth-order valence-electron chi connectivity index (χ4n) is 2.39. The molecule has 1 aromatic heterocycles. The first-order valence-electron chi connectivity index (χ1n) is 7.98.